The summed E-state index contributed by atoms with van der Waals surface area (Å²) < 4.78 is 39.8. The van der Waals surface area contributed by atoms with Crippen molar-refractivity contribution in [2.75, 3.05) is 26.3 Å². The molecule has 32 heavy (non-hydrogen) atoms. The standard InChI is InChI=1S/C23H30N2O6S/c1-16-6-7-17(15-25-21(26)18-4-2-3-5-19(18)22(25)27)14-20(16)32(28,29)24-10-8-23(9-11-24)30-12-13-31-23/h6-7,14,18-19H,2-5,8-13,15H2,1H3/t18-,19+. The van der Waals surface area contributed by atoms with Crippen LogP contribution in [0.5, 0.6) is 0 Å². The van der Waals surface area contributed by atoms with Crippen LogP contribution in [0.1, 0.15) is 49.7 Å². The quantitative estimate of drug-likeness (QED) is 0.637. The van der Waals surface area contributed by atoms with Crippen LogP contribution in [0.25, 0.3) is 0 Å². The van der Waals surface area contributed by atoms with Gasteiger partial charge < -0.3 is 9.47 Å². The predicted octanol–water partition coefficient (Wildman–Crippen LogP) is 2.20. The smallest absolute Gasteiger partial charge is 0.243 e. The third-order valence-corrected chi connectivity index (χ3v) is 9.48. The average molecular weight is 463 g/mol. The van der Waals surface area contributed by atoms with Gasteiger partial charge in [-0.3, -0.25) is 14.5 Å². The van der Waals surface area contributed by atoms with Gasteiger partial charge in [-0.25, -0.2) is 8.42 Å². The van der Waals surface area contributed by atoms with Crippen LogP contribution in [0.2, 0.25) is 0 Å². The van der Waals surface area contributed by atoms with E-state index >= 15 is 0 Å². The number of benzene rings is 1. The minimum absolute atomic E-state index is 0.109. The molecule has 8 nitrogen and oxygen atoms in total. The van der Waals surface area contributed by atoms with Crippen molar-refractivity contribution in [2.24, 2.45) is 11.8 Å². The van der Waals surface area contributed by atoms with Crippen LogP contribution in [0.3, 0.4) is 0 Å². The molecule has 0 bridgehead atoms. The molecular weight excluding hydrogens is 432 g/mol. The maximum atomic E-state index is 13.4. The number of rotatable bonds is 4. The number of likely N-dealkylation sites (tertiary alicyclic amines) is 1. The van der Waals surface area contributed by atoms with Gasteiger partial charge in [0.15, 0.2) is 5.79 Å². The zero-order valence-electron chi connectivity index (χ0n) is 18.4. The first-order chi connectivity index (χ1) is 15.3. The molecule has 1 aromatic rings. The number of aryl methyl sites for hydroxylation is 1. The highest BCUT2D eigenvalue weighted by Gasteiger charge is 2.48. The van der Waals surface area contributed by atoms with Gasteiger partial charge in [-0.15, -0.1) is 0 Å². The largest absolute Gasteiger partial charge is 0.347 e. The normalized spacial score (nSPS) is 28.5. The summed E-state index contributed by atoms with van der Waals surface area (Å²) in [6.45, 7) is 3.65. The third-order valence-electron chi connectivity index (χ3n) is 7.44. The van der Waals surface area contributed by atoms with Crippen LogP contribution in [0.4, 0.5) is 0 Å². The Hall–Kier alpha value is -1.81. The fourth-order valence-corrected chi connectivity index (χ4v) is 7.30. The van der Waals surface area contributed by atoms with Crippen LogP contribution in [0.15, 0.2) is 23.1 Å². The Morgan fingerprint density at radius 1 is 1.00 bits per heavy atom. The molecule has 1 spiro atoms. The molecule has 0 N–H and O–H groups in total. The minimum atomic E-state index is -3.71. The number of piperidine rings is 1. The molecular formula is C23H30N2O6S. The van der Waals surface area contributed by atoms with Gasteiger partial charge in [0.2, 0.25) is 21.8 Å². The lowest BCUT2D eigenvalue weighted by atomic mass is 9.81. The van der Waals surface area contributed by atoms with Gasteiger partial charge in [-0.1, -0.05) is 25.0 Å². The second-order valence-corrected chi connectivity index (χ2v) is 11.3. The Labute approximate surface area is 188 Å². The summed E-state index contributed by atoms with van der Waals surface area (Å²) >= 11 is 0. The molecule has 4 fully saturated rings. The highest BCUT2D eigenvalue weighted by Crippen LogP contribution is 2.39. The monoisotopic (exact) mass is 462 g/mol. The number of nitrogens with zero attached hydrogens (tertiary/aromatic N) is 2. The summed E-state index contributed by atoms with van der Waals surface area (Å²) in [5.74, 6) is -1.27. The van der Waals surface area contributed by atoms with E-state index < -0.39 is 15.8 Å². The summed E-state index contributed by atoms with van der Waals surface area (Å²) in [5.41, 5.74) is 1.31. The number of amides is 2. The maximum absolute atomic E-state index is 13.4. The van der Waals surface area contributed by atoms with E-state index in [1.165, 1.54) is 9.21 Å². The van der Waals surface area contributed by atoms with Gasteiger partial charge in [0.05, 0.1) is 36.5 Å². The molecule has 3 aliphatic heterocycles. The van der Waals surface area contributed by atoms with Crippen LogP contribution >= 0.6 is 0 Å². The molecule has 1 aromatic carbocycles. The molecule has 1 saturated carbocycles. The van der Waals surface area contributed by atoms with E-state index in [0.29, 0.717) is 50.3 Å². The molecule has 0 radical (unpaired) electrons. The Balaban J connectivity index is 1.35. The van der Waals surface area contributed by atoms with Crippen molar-refractivity contribution in [1.29, 1.82) is 0 Å². The number of ether oxygens (including phenoxy) is 2. The Morgan fingerprint density at radius 2 is 1.59 bits per heavy atom. The first kappa shape index (κ1) is 22.0. The van der Waals surface area contributed by atoms with E-state index in [9.17, 15) is 18.0 Å². The molecule has 3 heterocycles. The molecule has 4 aliphatic rings. The number of fused-ring (bicyclic) bond motifs is 1. The zero-order valence-corrected chi connectivity index (χ0v) is 19.2. The molecule has 1 aliphatic carbocycles. The molecule has 2 atom stereocenters. The molecule has 174 valence electrons. The molecule has 0 unspecified atom stereocenters. The van der Waals surface area contributed by atoms with E-state index in [1.54, 1.807) is 19.1 Å². The lowest BCUT2D eigenvalue weighted by molar-refractivity contribution is -0.179. The first-order valence-corrected chi connectivity index (χ1v) is 13.0. The summed E-state index contributed by atoms with van der Waals surface area (Å²) in [7, 11) is -3.71. The van der Waals surface area contributed by atoms with E-state index in [4.69, 9.17) is 9.47 Å². The number of hydrogen-bond donors (Lipinski definition) is 0. The van der Waals surface area contributed by atoms with Crippen molar-refractivity contribution in [1.82, 2.24) is 9.21 Å². The summed E-state index contributed by atoms with van der Waals surface area (Å²) in [5, 5.41) is 0. The fraction of sp³-hybridized carbons (Fsp3) is 0.652. The Bertz CT molecular complexity index is 999. The van der Waals surface area contributed by atoms with Gasteiger partial charge >= 0.3 is 0 Å². The second-order valence-electron chi connectivity index (χ2n) is 9.37. The van der Waals surface area contributed by atoms with Gasteiger partial charge in [0.25, 0.3) is 0 Å². The molecule has 9 heteroatoms. The first-order valence-electron chi connectivity index (χ1n) is 11.5. The van der Waals surface area contributed by atoms with Gasteiger partial charge in [0.1, 0.15) is 0 Å². The van der Waals surface area contributed by atoms with Crippen molar-refractivity contribution < 1.29 is 27.5 Å². The van der Waals surface area contributed by atoms with Crippen molar-refractivity contribution >= 4 is 21.8 Å². The molecule has 3 saturated heterocycles. The van der Waals surface area contributed by atoms with Gasteiger partial charge in [-0.05, 0) is 37.0 Å². The summed E-state index contributed by atoms with van der Waals surface area (Å²) in [6, 6.07) is 5.19. The molecule has 0 aromatic heterocycles. The van der Waals surface area contributed by atoms with Crippen LogP contribution in [-0.4, -0.2) is 61.5 Å². The van der Waals surface area contributed by atoms with E-state index in [2.05, 4.69) is 0 Å². The van der Waals surface area contributed by atoms with Crippen LogP contribution in [0, 0.1) is 18.8 Å². The predicted molar refractivity (Wildman–Crippen MR) is 115 cm³/mol. The average Bonchev–Trinajstić information content (AvgIpc) is 3.34. The lowest BCUT2D eigenvalue weighted by Gasteiger charge is -2.37. The van der Waals surface area contributed by atoms with Crippen LogP contribution in [-0.2, 0) is 35.6 Å². The van der Waals surface area contributed by atoms with Crippen molar-refractivity contribution in [3.05, 3.63) is 29.3 Å². The summed E-state index contributed by atoms with van der Waals surface area (Å²) in [6.07, 6.45) is 4.50. The second kappa shape index (κ2) is 8.20. The highest BCUT2D eigenvalue weighted by molar-refractivity contribution is 7.89. The summed E-state index contributed by atoms with van der Waals surface area (Å²) in [4.78, 5) is 27.2. The lowest BCUT2D eigenvalue weighted by Crippen LogP contribution is -2.47. The topological polar surface area (TPSA) is 93.2 Å². The number of sulfonamides is 1. The highest BCUT2D eigenvalue weighted by atomic mass is 32.2. The minimum Gasteiger partial charge on any atom is -0.347 e. The molecule has 5 rings (SSSR count). The van der Waals surface area contributed by atoms with Gasteiger partial charge in [0, 0.05) is 25.9 Å². The van der Waals surface area contributed by atoms with E-state index in [-0.39, 0.29) is 35.1 Å². The fourth-order valence-electron chi connectivity index (χ4n) is 5.58. The number of imide groups is 1. The van der Waals surface area contributed by atoms with E-state index in [0.717, 1.165) is 25.7 Å². The van der Waals surface area contributed by atoms with Crippen molar-refractivity contribution in [3.8, 4) is 0 Å². The van der Waals surface area contributed by atoms with Gasteiger partial charge in [-0.2, -0.15) is 4.31 Å². The maximum Gasteiger partial charge on any atom is 0.243 e. The number of carbonyl (C=O) groups excluding carboxylic acids is 2. The molecule has 2 amide bonds. The van der Waals surface area contributed by atoms with E-state index in [1.807, 2.05) is 6.07 Å². The van der Waals surface area contributed by atoms with Crippen LogP contribution < -0.4 is 0 Å². The number of carbonyl (C=O) groups is 2. The Kier molecular flexibility index (Phi) is 5.64. The third kappa shape index (κ3) is 3.69. The SMILES string of the molecule is Cc1ccc(CN2C(=O)[C@H]3CCCC[C@H]3C2=O)cc1S(=O)(=O)N1CCC2(CC1)OCCO2. The number of hydrogen-bond acceptors (Lipinski definition) is 6. The van der Waals surface area contributed by atoms with Crippen molar-refractivity contribution in [2.45, 2.75) is 62.7 Å². The zero-order chi connectivity index (χ0) is 22.5. The van der Waals surface area contributed by atoms with Crippen molar-refractivity contribution in [3.63, 3.8) is 0 Å². The Morgan fingerprint density at radius 3 is 2.19 bits per heavy atom.